The largest absolute Gasteiger partial charge is 0.486 e. The zero-order valence-corrected chi connectivity index (χ0v) is 18.6. The Labute approximate surface area is 184 Å². The van der Waals surface area contributed by atoms with Crippen molar-refractivity contribution in [1.29, 1.82) is 0 Å². The molecule has 0 aliphatic carbocycles. The van der Waals surface area contributed by atoms with E-state index in [9.17, 15) is 14.4 Å². The average Bonchev–Trinajstić information content (AvgIpc) is 2.77. The number of nitrogens with two attached hydrogens (primary N) is 1. The third-order valence-electron chi connectivity index (χ3n) is 4.84. The van der Waals surface area contributed by atoms with Crippen molar-refractivity contribution in [1.82, 2.24) is 9.55 Å². The van der Waals surface area contributed by atoms with Crippen LogP contribution in [0, 0.1) is 0 Å². The Morgan fingerprint density at radius 2 is 1.94 bits per heavy atom. The molecular formula is C21H28N4O5S. The highest BCUT2D eigenvalue weighted by atomic mass is 32.2. The van der Waals surface area contributed by atoms with Gasteiger partial charge in [-0.25, -0.2) is 4.79 Å². The Kier molecular flexibility index (Phi) is 7.67. The van der Waals surface area contributed by atoms with Gasteiger partial charge in [0.15, 0.2) is 17.2 Å². The Morgan fingerprint density at radius 1 is 1.19 bits per heavy atom. The third-order valence-corrected chi connectivity index (χ3v) is 5.82. The van der Waals surface area contributed by atoms with E-state index < -0.39 is 11.2 Å². The van der Waals surface area contributed by atoms with Crippen LogP contribution in [-0.4, -0.2) is 41.0 Å². The van der Waals surface area contributed by atoms with Gasteiger partial charge >= 0.3 is 5.69 Å². The maximum atomic E-state index is 13.1. The topological polar surface area (TPSA) is 120 Å². The molecule has 0 bridgehead atoms. The highest BCUT2D eigenvalue weighted by Crippen LogP contribution is 2.34. The number of rotatable bonds is 9. The molecule has 1 amide bonds. The number of fused-ring (bicyclic) bond motifs is 1. The number of nitrogen functional groups attached to an aromatic ring is 1. The second-order valence-electron chi connectivity index (χ2n) is 7.14. The molecule has 0 saturated heterocycles. The summed E-state index contributed by atoms with van der Waals surface area (Å²) < 4.78 is 12.4. The molecule has 3 N–H and O–H groups in total. The monoisotopic (exact) mass is 448 g/mol. The van der Waals surface area contributed by atoms with Crippen molar-refractivity contribution < 1.29 is 14.3 Å². The number of H-pyrrole nitrogens is 1. The number of aromatic nitrogens is 2. The molecule has 168 valence electrons. The van der Waals surface area contributed by atoms with Gasteiger partial charge in [-0.1, -0.05) is 20.3 Å². The number of aromatic amines is 1. The van der Waals surface area contributed by atoms with Crippen molar-refractivity contribution in [2.75, 3.05) is 36.1 Å². The van der Waals surface area contributed by atoms with Gasteiger partial charge in [-0.3, -0.25) is 19.1 Å². The molecule has 0 radical (unpaired) electrons. The lowest BCUT2D eigenvalue weighted by atomic mass is 10.2. The summed E-state index contributed by atoms with van der Waals surface area (Å²) in [7, 11) is 0. The van der Waals surface area contributed by atoms with Crippen LogP contribution in [0.15, 0.2) is 32.7 Å². The lowest BCUT2D eigenvalue weighted by molar-refractivity contribution is -0.116. The number of hydrogen-bond acceptors (Lipinski definition) is 7. The Morgan fingerprint density at radius 3 is 2.65 bits per heavy atom. The smallest absolute Gasteiger partial charge is 0.330 e. The number of thioether (sulfide) groups is 1. The summed E-state index contributed by atoms with van der Waals surface area (Å²) in [4.78, 5) is 42.4. The molecule has 2 aromatic rings. The number of hydrogen-bond donors (Lipinski definition) is 2. The predicted molar refractivity (Wildman–Crippen MR) is 121 cm³/mol. The van der Waals surface area contributed by atoms with Crippen molar-refractivity contribution in [3.8, 4) is 11.5 Å². The van der Waals surface area contributed by atoms with Crippen LogP contribution in [0.1, 0.15) is 33.1 Å². The highest BCUT2D eigenvalue weighted by molar-refractivity contribution is 8.00. The van der Waals surface area contributed by atoms with E-state index in [1.165, 1.54) is 21.2 Å². The van der Waals surface area contributed by atoms with E-state index >= 15 is 0 Å². The van der Waals surface area contributed by atoms with E-state index in [4.69, 9.17) is 15.2 Å². The molecule has 1 aliphatic heterocycles. The molecule has 3 rings (SSSR count). The van der Waals surface area contributed by atoms with Crippen LogP contribution in [0.5, 0.6) is 11.5 Å². The maximum absolute atomic E-state index is 13.1. The van der Waals surface area contributed by atoms with E-state index in [0.29, 0.717) is 50.6 Å². The van der Waals surface area contributed by atoms with Crippen LogP contribution in [0.25, 0.3) is 0 Å². The fourth-order valence-electron chi connectivity index (χ4n) is 3.30. The van der Waals surface area contributed by atoms with Crippen LogP contribution >= 0.6 is 11.8 Å². The minimum absolute atomic E-state index is 0.0179. The lowest BCUT2D eigenvalue weighted by Gasteiger charge is -2.24. The molecule has 10 heteroatoms. The second kappa shape index (κ2) is 10.4. The van der Waals surface area contributed by atoms with Gasteiger partial charge in [0.25, 0.3) is 5.56 Å². The summed E-state index contributed by atoms with van der Waals surface area (Å²) in [6.07, 6.45) is 2.20. The summed E-state index contributed by atoms with van der Waals surface area (Å²) in [5, 5.41) is 0. The van der Waals surface area contributed by atoms with Crippen molar-refractivity contribution in [2.45, 2.75) is 44.6 Å². The van der Waals surface area contributed by atoms with E-state index in [1.807, 2.05) is 32.0 Å². The van der Waals surface area contributed by atoms with Crippen LogP contribution in [0.4, 0.5) is 11.5 Å². The van der Waals surface area contributed by atoms with Crippen molar-refractivity contribution in [2.24, 2.45) is 0 Å². The first-order chi connectivity index (χ1) is 15.0. The van der Waals surface area contributed by atoms with Crippen LogP contribution < -0.4 is 31.4 Å². The molecule has 1 aliphatic rings. The molecule has 31 heavy (non-hydrogen) atoms. The third kappa shape index (κ3) is 5.25. The number of anilines is 2. The Hall–Kier alpha value is -2.88. The fraction of sp³-hybridized carbons (Fsp3) is 0.476. The normalized spacial score (nSPS) is 12.6. The first kappa shape index (κ1) is 22.8. The zero-order chi connectivity index (χ0) is 22.4. The van der Waals surface area contributed by atoms with E-state index in [2.05, 4.69) is 4.98 Å². The van der Waals surface area contributed by atoms with Gasteiger partial charge in [0.05, 0.1) is 5.75 Å². The summed E-state index contributed by atoms with van der Waals surface area (Å²) in [6, 6.07) is 5.52. The molecule has 0 atom stereocenters. The zero-order valence-electron chi connectivity index (χ0n) is 17.8. The molecule has 1 aromatic carbocycles. The number of carbonyl (C=O) groups is 1. The number of ether oxygens (including phenoxy) is 2. The predicted octanol–water partition coefficient (Wildman–Crippen LogP) is 2.23. The Balaban J connectivity index is 1.84. The first-order valence-electron chi connectivity index (χ1n) is 10.4. The highest BCUT2D eigenvalue weighted by Gasteiger charge is 2.24. The molecule has 0 spiro atoms. The minimum Gasteiger partial charge on any atom is -0.486 e. The van der Waals surface area contributed by atoms with Gasteiger partial charge < -0.3 is 20.1 Å². The fourth-order valence-corrected chi connectivity index (χ4v) is 4.10. The number of nitrogens with one attached hydrogen (secondary N) is 1. The van der Waals surface area contributed by atoms with Gasteiger partial charge in [0, 0.05) is 18.0 Å². The number of unbranched alkanes of at least 4 members (excludes halogenated alkanes) is 1. The molecule has 1 aromatic heterocycles. The van der Waals surface area contributed by atoms with Crippen molar-refractivity contribution in [3.05, 3.63) is 39.0 Å². The average molecular weight is 449 g/mol. The minimum atomic E-state index is -0.649. The summed E-state index contributed by atoms with van der Waals surface area (Å²) >= 11 is 1.34. The number of amides is 1. The van der Waals surface area contributed by atoms with Crippen molar-refractivity contribution >= 4 is 29.2 Å². The summed E-state index contributed by atoms with van der Waals surface area (Å²) in [5.74, 6) is 1.20. The van der Waals surface area contributed by atoms with E-state index in [1.54, 1.807) is 0 Å². The number of carbonyl (C=O) groups excluding carboxylic acids is 1. The Bertz CT molecular complexity index is 1050. The quantitative estimate of drug-likeness (QED) is 0.565. The first-order valence-corrected chi connectivity index (χ1v) is 11.4. The molecule has 0 fully saturated rings. The second-order valence-corrected chi connectivity index (χ2v) is 8.19. The van der Waals surface area contributed by atoms with E-state index in [0.717, 1.165) is 11.3 Å². The van der Waals surface area contributed by atoms with E-state index in [-0.39, 0.29) is 23.2 Å². The van der Waals surface area contributed by atoms with Gasteiger partial charge in [-0.2, -0.15) is 0 Å². The standard InChI is InChI=1S/C21H28N4O5S/c1-3-5-9-24(18-19(22)25(8-4-2)21(28)23-20(18)27)17(26)13-31-14-6-7-15-16(12-14)30-11-10-29-15/h6-7,12H,3-5,8-11,13,22H2,1-2H3,(H,23,27,28). The number of benzene rings is 1. The van der Waals surface area contributed by atoms with Crippen LogP contribution in [0.3, 0.4) is 0 Å². The SMILES string of the molecule is CCCCN(C(=O)CSc1ccc2c(c1)OCCO2)c1c(N)n(CCC)c(=O)[nH]c1=O. The van der Waals surface area contributed by atoms with Gasteiger partial charge in [0.1, 0.15) is 19.0 Å². The van der Waals surface area contributed by atoms with Gasteiger partial charge in [-0.05, 0) is 31.0 Å². The number of nitrogens with zero attached hydrogens (tertiary/aromatic N) is 2. The summed E-state index contributed by atoms with van der Waals surface area (Å²) in [5.41, 5.74) is 5.00. The van der Waals surface area contributed by atoms with Gasteiger partial charge in [-0.15, -0.1) is 11.8 Å². The van der Waals surface area contributed by atoms with Gasteiger partial charge in [0.2, 0.25) is 5.91 Å². The molecule has 0 saturated carbocycles. The summed E-state index contributed by atoms with van der Waals surface area (Å²) in [6.45, 7) is 5.60. The lowest BCUT2D eigenvalue weighted by Crippen LogP contribution is -2.42. The van der Waals surface area contributed by atoms with Crippen LogP contribution in [-0.2, 0) is 11.3 Å². The maximum Gasteiger partial charge on any atom is 0.330 e. The molecule has 9 nitrogen and oxygen atoms in total. The van der Waals surface area contributed by atoms with Crippen molar-refractivity contribution in [3.63, 3.8) is 0 Å². The molecular weight excluding hydrogens is 420 g/mol. The molecule has 2 heterocycles. The van der Waals surface area contributed by atoms with Crippen LogP contribution in [0.2, 0.25) is 0 Å². The molecule has 0 unspecified atom stereocenters.